The number of ether oxygens (including phenoxy) is 1. The van der Waals surface area contributed by atoms with E-state index in [2.05, 4.69) is 27.2 Å². The van der Waals surface area contributed by atoms with Crippen molar-refractivity contribution in [3.63, 3.8) is 0 Å². The van der Waals surface area contributed by atoms with Crippen molar-refractivity contribution in [1.82, 2.24) is 4.98 Å². The Morgan fingerprint density at radius 2 is 1.82 bits per heavy atom. The molecule has 1 saturated carbocycles. The van der Waals surface area contributed by atoms with Crippen LogP contribution in [-0.4, -0.2) is 62.0 Å². The van der Waals surface area contributed by atoms with Crippen molar-refractivity contribution >= 4 is 23.2 Å². The number of morpholine rings is 1. The molecule has 0 bridgehead atoms. The molecule has 7 heteroatoms. The average Bonchev–Trinajstić information content (AvgIpc) is 3.58. The van der Waals surface area contributed by atoms with Gasteiger partial charge in [0.15, 0.2) is 0 Å². The van der Waals surface area contributed by atoms with E-state index in [1.807, 2.05) is 25.1 Å². The molecule has 7 nitrogen and oxygen atoms in total. The molecule has 0 atom stereocenters. The Labute approximate surface area is 195 Å². The highest BCUT2D eigenvalue weighted by Gasteiger charge is 2.44. The molecule has 2 aromatic rings. The molecular formula is C26H34N4O3. The van der Waals surface area contributed by atoms with E-state index in [0.717, 1.165) is 48.8 Å². The monoisotopic (exact) mass is 450 g/mol. The van der Waals surface area contributed by atoms with Gasteiger partial charge >= 0.3 is 0 Å². The minimum atomic E-state index is -0.140. The van der Waals surface area contributed by atoms with Gasteiger partial charge in [0.1, 0.15) is 11.6 Å². The predicted octanol–water partition coefficient (Wildman–Crippen LogP) is 3.39. The van der Waals surface area contributed by atoms with Gasteiger partial charge in [0.2, 0.25) is 0 Å². The second kappa shape index (κ2) is 9.31. The van der Waals surface area contributed by atoms with E-state index in [1.165, 1.54) is 25.7 Å². The molecule has 2 N–H and O–H groups in total. The van der Waals surface area contributed by atoms with Gasteiger partial charge in [-0.2, -0.15) is 0 Å². The first-order valence-electron chi connectivity index (χ1n) is 12.2. The summed E-state index contributed by atoms with van der Waals surface area (Å²) in [5.74, 6) is 1.30. The highest BCUT2D eigenvalue weighted by atomic mass is 16.5. The fourth-order valence-electron chi connectivity index (χ4n) is 5.07. The van der Waals surface area contributed by atoms with Crippen LogP contribution < -0.4 is 15.1 Å². The number of aryl methyl sites for hydroxylation is 1. The SMILES string of the molecule is Cc1cc(NC(=O)c2ccc(CCO)cc2N2CCC3(CC2)CC3)nc(N2CCOCC2)c1. The molecule has 5 rings (SSSR count). The van der Waals surface area contributed by atoms with Crippen LogP contribution in [0.15, 0.2) is 30.3 Å². The molecular weight excluding hydrogens is 416 g/mol. The highest BCUT2D eigenvalue weighted by molar-refractivity contribution is 6.08. The third kappa shape index (κ3) is 4.99. The Hall–Kier alpha value is -2.64. The van der Waals surface area contributed by atoms with Crippen LogP contribution in [0.2, 0.25) is 0 Å². The fourth-order valence-corrected chi connectivity index (χ4v) is 5.07. The normalized spacial score (nSPS) is 19.6. The fraction of sp³-hybridized carbons (Fsp3) is 0.538. The van der Waals surface area contributed by atoms with E-state index in [-0.39, 0.29) is 12.5 Å². The lowest BCUT2D eigenvalue weighted by Crippen LogP contribution is -2.37. The smallest absolute Gasteiger partial charge is 0.258 e. The van der Waals surface area contributed by atoms with Crippen LogP contribution in [0.25, 0.3) is 0 Å². The molecule has 0 radical (unpaired) electrons. The third-order valence-corrected chi connectivity index (χ3v) is 7.36. The summed E-state index contributed by atoms with van der Waals surface area (Å²) in [6.45, 7) is 7.08. The number of aliphatic hydroxyl groups is 1. The standard InChI is InChI=1S/C26H34N4O3/c1-19-16-23(27-24(17-19)30-11-14-33-15-12-30)28-25(32)21-3-2-20(4-13-31)18-22(21)29-9-7-26(5-6-26)8-10-29/h2-3,16-18,31H,4-15H2,1H3,(H,27,28,32). The van der Waals surface area contributed by atoms with Gasteiger partial charge in [-0.1, -0.05) is 6.07 Å². The summed E-state index contributed by atoms with van der Waals surface area (Å²) in [7, 11) is 0. The van der Waals surface area contributed by atoms with Gasteiger partial charge in [-0.3, -0.25) is 4.79 Å². The van der Waals surface area contributed by atoms with E-state index in [1.54, 1.807) is 0 Å². The summed E-state index contributed by atoms with van der Waals surface area (Å²) in [6, 6.07) is 9.90. The Kier molecular flexibility index (Phi) is 6.25. The maximum atomic E-state index is 13.4. The number of nitrogens with one attached hydrogen (secondary N) is 1. The Morgan fingerprint density at radius 3 is 2.52 bits per heavy atom. The predicted molar refractivity (Wildman–Crippen MR) is 130 cm³/mol. The topological polar surface area (TPSA) is 77.9 Å². The number of carbonyl (C=O) groups excluding carboxylic acids is 1. The van der Waals surface area contributed by atoms with Gasteiger partial charge in [0.25, 0.3) is 5.91 Å². The Balaban J connectivity index is 1.38. The molecule has 1 aliphatic carbocycles. The number of rotatable bonds is 6. The minimum Gasteiger partial charge on any atom is -0.396 e. The summed E-state index contributed by atoms with van der Waals surface area (Å²) in [5, 5.41) is 12.5. The molecule has 1 aromatic carbocycles. The van der Waals surface area contributed by atoms with Crippen molar-refractivity contribution in [3.8, 4) is 0 Å². The van der Waals surface area contributed by atoms with Crippen LogP contribution in [0.4, 0.5) is 17.3 Å². The number of carbonyl (C=O) groups is 1. The number of pyridine rings is 1. The number of nitrogens with zero attached hydrogens (tertiary/aromatic N) is 3. The van der Waals surface area contributed by atoms with Gasteiger partial charge in [-0.15, -0.1) is 0 Å². The number of benzene rings is 1. The van der Waals surface area contributed by atoms with Gasteiger partial charge < -0.3 is 25.0 Å². The molecule has 3 heterocycles. The van der Waals surface area contributed by atoms with E-state index in [9.17, 15) is 9.90 Å². The van der Waals surface area contributed by atoms with Crippen LogP contribution >= 0.6 is 0 Å². The van der Waals surface area contributed by atoms with E-state index in [0.29, 0.717) is 36.4 Å². The lowest BCUT2D eigenvalue weighted by Gasteiger charge is -2.35. The Morgan fingerprint density at radius 1 is 1.06 bits per heavy atom. The quantitative estimate of drug-likeness (QED) is 0.703. The molecule has 3 aliphatic rings. The van der Waals surface area contributed by atoms with Crippen molar-refractivity contribution in [2.24, 2.45) is 5.41 Å². The molecule has 3 fully saturated rings. The second-order valence-corrected chi connectivity index (χ2v) is 9.75. The lowest BCUT2D eigenvalue weighted by molar-refractivity contribution is 0.102. The largest absolute Gasteiger partial charge is 0.396 e. The molecule has 2 saturated heterocycles. The van der Waals surface area contributed by atoms with Crippen LogP contribution in [0.5, 0.6) is 0 Å². The summed E-state index contributed by atoms with van der Waals surface area (Å²) >= 11 is 0. The number of hydrogen-bond donors (Lipinski definition) is 2. The molecule has 0 unspecified atom stereocenters. The lowest BCUT2D eigenvalue weighted by atomic mass is 9.92. The van der Waals surface area contributed by atoms with Gasteiger partial charge in [0.05, 0.1) is 18.8 Å². The first-order chi connectivity index (χ1) is 16.0. The first-order valence-corrected chi connectivity index (χ1v) is 12.2. The highest BCUT2D eigenvalue weighted by Crippen LogP contribution is 2.54. The molecule has 1 spiro atoms. The van der Waals surface area contributed by atoms with E-state index in [4.69, 9.17) is 9.72 Å². The maximum absolute atomic E-state index is 13.4. The summed E-state index contributed by atoms with van der Waals surface area (Å²) in [4.78, 5) is 22.7. The van der Waals surface area contributed by atoms with Crippen LogP contribution in [0.3, 0.4) is 0 Å². The molecule has 1 aromatic heterocycles. The van der Waals surface area contributed by atoms with Gasteiger partial charge in [-0.25, -0.2) is 4.98 Å². The van der Waals surface area contributed by atoms with Crippen molar-refractivity contribution in [2.45, 2.75) is 39.0 Å². The van der Waals surface area contributed by atoms with Crippen molar-refractivity contribution in [3.05, 3.63) is 47.0 Å². The second-order valence-electron chi connectivity index (χ2n) is 9.75. The first kappa shape index (κ1) is 22.2. The Bertz CT molecular complexity index is 1000. The number of anilines is 3. The number of hydrogen-bond acceptors (Lipinski definition) is 6. The summed E-state index contributed by atoms with van der Waals surface area (Å²) in [6.07, 6.45) is 5.68. The van der Waals surface area contributed by atoms with E-state index < -0.39 is 0 Å². The van der Waals surface area contributed by atoms with Gasteiger partial charge in [0, 0.05) is 38.5 Å². The summed E-state index contributed by atoms with van der Waals surface area (Å²) < 4.78 is 5.46. The number of aromatic nitrogens is 1. The van der Waals surface area contributed by atoms with Crippen molar-refractivity contribution < 1.29 is 14.6 Å². The van der Waals surface area contributed by atoms with Gasteiger partial charge in [-0.05, 0) is 79.8 Å². The number of amides is 1. The molecule has 1 amide bonds. The van der Waals surface area contributed by atoms with Crippen LogP contribution in [0.1, 0.15) is 47.2 Å². The zero-order chi connectivity index (χ0) is 22.8. The molecule has 33 heavy (non-hydrogen) atoms. The minimum absolute atomic E-state index is 0.103. The zero-order valence-corrected chi connectivity index (χ0v) is 19.5. The van der Waals surface area contributed by atoms with Crippen LogP contribution in [-0.2, 0) is 11.2 Å². The number of aliphatic hydroxyl groups excluding tert-OH is 1. The number of piperidine rings is 1. The average molecular weight is 451 g/mol. The van der Waals surface area contributed by atoms with Crippen molar-refractivity contribution in [2.75, 3.05) is 61.1 Å². The van der Waals surface area contributed by atoms with Crippen LogP contribution in [0, 0.1) is 12.3 Å². The molecule has 2 aliphatic heterocycles. The molecule has 176 valence electrons. The summed E-state index contributed by atoms with van der Waals surface area (Å²) in [5.41, 5.74) is 4.32. The van der Waals surface area contributed by atoms with E-state index >= 15 is 0 Å². The maximum Gasteiger partial charge on any atom is 0.258 e. The van der Waals surface area contributed by atoms with Crippen molar-refractivity contribution in [1.29, 1.82) is 0 Å². The zero-order valence-electron chi connectivity index (χ0n) is 19.5. The third-order valence-electron chi connectivity index (χ3n) is 7.36.